The summed E-state index contributed by atoms with van der Waals surface area (Å²) in [5, 5.41) is 2.22. The van der Waals surface area contributed by atoms with Gasteiger partial charge < -0.3 is 4.42 Å². The molecule has 3 nitrogen and oxygen atoms in total. The molecule has 0 bridgehead atoms. The van der Waals surface area contributed by atoms with E-state index >= 15 is 0 Å². The van der Waals surface area contributed by atoms with Crippen molar-refractivity contribution in [3.63, 3.8) is 0 Å². The normalized spacial score (nSPS) is 15.3. The Kier molecular flexibility index (Phi) is 5.63. The third-order valence-corrected chi connectivity index (χ3v) is 9.39. The minimum Gasteiger partial charge on any atom is -0.456 e. The van der Waals surface area contributed by atoms with Gasteiger partial charge in [-0.1, -0.05) is 121 Å². The Labute approximate surface area is 261 Å². The standard InChI is InChI=1S/C42H28N2O/c1-42(30-14-6-3-7-15-30)35-18-10-8-16-31(35)32-22-20-28(24-36(32)42)37-26-38(44-41(43-37)27-12-4-2-5-13-27)29-21-23-34-33-17-9-11-19-39(33)45-40(34)25-29/h2-26H,1H3. The molecule has 0 amide bonds. The van der Waals surface area contributed by atoms with Crippen LogP contribution < -0.4 is 0 Å². The van der Waals surface area contributed by atoms with E-state index in [1.54, 1.807) is 0 Å². The fraction of sp³-hybridized carbons (Fsp3) is 0.0476. The molecule has 0 N–H and O–H groups in total. The largest absolute Gasteiger partial charge is 0.456 e. The summed E-state index contributed by atoms with van der Waals surface area (Å²) in [5.41, 5.74) is 12.7. The van der Waals surface area contributed by atoms with E-state index in [-0.39, 0.29) is 5.41 Å². The van der Waals surface area contributed by atoms with E-state index in [2.05, 4.69) is 122 Å². The number of fused-ring (bicyclic) bond motifs is 6. The van der Waals surface area contributed by atoms with E-state index in [1.165, 1.54) is 27.8 Å². The minimum atomic E-state index is -0.284. The predicted octanol–water partition coefficient (Wildman–Crippen LogP) is 10.7. The van der Waals surface area contributed by atoms with Crippen LogP contribution in [0.4, 0.5) is 0 Å². The highest BCUT2D eigenvalue weighted by Gasteiger charge is 2.40. The summed E-state index contributed by atoms with van der Waals surface area (Å²) < 4.78 is 6.25. The number of benzene rings is 6. The van der Waals surface area contributed by atoms with Gasteiger partial charge in [0, 0.05) is 32.9 Å². The van der Waals surface area contributed by atoms with Crippen molar-refractivity contribution in [3.05, 3.63) is 168 Å². The fourth-order valence-electron chi connectivity index (χ4n) is 7.08. The molecule has 0 saturated carbocycles. The van der Waals surface area contributed by atoms with Crippen LogP contribution in [0.5, 0.6) is 0 Å². The first-order valence-corrected chi connectivity index (χ1v) is 15.3. The molecule has 212 valence electrons. The highest BCUT2D eigenvalue weighted by molar-refractivity contribution is 6.05. The van der Waals surface area contributed by atoms with Gasteiger partial charge in [0.05, 0.1) is 11.4 Å². The first-order valence-electron chi connectivity index (χ1n) is 15.3. The molecule has 0 aliphatic heterocycles. The quantitative estimate of drug-likeness (QED) is 0.209. The van der Waals surface area contributed by atoms with Gasteiger partial charge in [0.15, 0.2) is 5.82 Å². The van der Waals surface area contributed by atoms with Gasteiger partial charge in [-0.05, 0) is 65.1 Å². The first-order chi connectivity index (χ1) is 22.2. The number of nitrogens with zero attached hydrogens (tertiary/aromatic N) is 2. The average Bonchev–Trinajstić information content (AvgIpc) is 3.61. The van der Waals surface area contributed by atoms with Gasteiger partial charge in [-0.2, -0.15) is 0 Å². The zero-order valence-electron chi connectivity index (χ0n) is 24.7. The molecule has 0 fully saturated rings. The maximum atomic E-state index is 6.25. The van der Waals surface area contributed by atoms with E-state index in [9.17, 15) is 0 Å². The molecule has 3 heteroatoms. The molecule has 2 heterocycles. The molecule has 8 aromatic rings. The molecule has 0 spiro atoms. The Hall–Kier alpha value is -5.80. The van der Waals surface area contributed by atoms with Gasteiger partial charge in [-0.25, -0.2) is 9.97 Å². The Balaban J connectivity index is 1.24. The Morgan fingerprint density at radius 2 is 1.09 bits per heavy atom. The number of para-hydroxylation sites is 1. The second-order valence-corrected chi connectivity index (χ2v) is 11.9. The molecule has 0 radical (unpaired) electrons. The molecular weight excluding hydrogens is 548 g/mol. The van der Waals surface area contributed by atoms with E-state index in [4.69, 9.17) is 14.4 Å². The van der Waals surface area contributed by atoms with Crippen molar-refractivity contribution in [2.45, 2.75) is 12.3 Å². The number of rotatable bonds is 4. The van der Waals surface area contributed by atoms with Gasteiger partial charge in [0.25, 0.3) is 0 Å². The Bertz CT molecular complexity index is 2390. The van der Waals surface area contributed by atoms with E-state index in [0.29, 0.717) is 5.82 Å². The van der Waals surface area contributed by atoms with Crippen molar-refractivity contribution in [2.24, 2.45) is 0 Å². The summed E-state index contributed by atoms with van der Waals surface area (Å²) in [6.45, 7) is 2.35. The zero-order valence-corrected chi connectivity index (χ0v) is 24.7. The topological polar surface area (TPSA) is 38.9 Å². The van der Waals surface area contributed by atoms with Crippen LogP contribution >= 0.6 is 0 Å². The summed E-state index contributed by atoms with van der Waals surface area (Å²) in [7, 11) is 0. The Morgan fingerprint density at radius 1 is 0.467 bits per heavy atom. The van der Waals surface area contributed by atoms with Crippen LogP contribution in [0.3, 0.4) is 0 Å². The lowest BCUT2D eigenvalue weighted by molar-refractivity contribution is 0.669. The summed E-state index contributed by atoms with van der Waals surface area (Å²) in [6, 6.07) is 53.3. The SMILES string of the molecule is CC1(c2ccccc2)c2ccccc2-c2ccc(-c3cc(-c4ccc5c(c4)oc4ccccc45)nc(-c4ccccc4)n3)cc21. The summed E-state index contributed by atoms with van der Waals surface area (Å²) in [4.78, 5) is 10.2. The summed E-state index contributed by atoms with van der Waals surface area (Å²) in [5.74, 6) is 0.697. The zero-order chi connectivity index (χ0) is 30.0. The maximum absolute atomic E-state index is 6.25. The lowest BCUT2D eigenvalue weighted by atomic mass is 9.74. The molecule has 2 aromatic heterocycles. The molecule has 1 atom stereocenters. The van der Waals surface area contributed by atoms with Crippen LogP contribution in [0.15, 0.2) is 156 Å². The van der Waals surface area contributed by atoms with Crippen molar-refractivity contribution >= 4 is 21.9 Å². The third-order valence-electron chi connectivity index (χ3n) is 9.39. The maximum Gasteiger partial charge on any atom is 0.160 e. The molecule has 1 unspecified atom stereocenters. The van der Waals surface area contributed by atoms with Crippen LogP contribution in [0.2, 0.25) is 0 Å². The lowest BCUT2D eigenvalue weighted by Gasteiger charge is -2.28. The predicted molar refractivity (Wildman–Crippen MR) is 183 cm³/mol. The van der Waals surface area contributed by atoms with Crippen molar-refractivity contribution in [3.8, 4) is 45.0 Å². The van der Waals surface area contributed by atoms with Crippen molar-refractivity contribution in [1.82, 2.24) is 9.97 Å². The molecule has 9 rings (SSSR count). The number of aromatic nitrogens is 2. The van der Waals surface area contributed by atoms with Gasteiger partial charge in [-0.3, -0.25) is 0 Å². The first kappa shape index (κ1) is 25.7. The van der Waals surface area contributed by atoms with Crippen LogP contribution in [-0.2, 0) is 5.41 Å². The van der Waals surface area contributed by atoms with Crippen LogP contribution in [0, 0.1) is 0 Å². The van der Waals surface area contributed by atoms with Gasteiger partial charge in [0.1, 0.15) is 11.2 Å². The van der Waals surface area contributed by atoms with Gasteiger partial charge in [-0.15, -0.1) is 0 Å². The van der Waals surface area contributed by atoms with Gasteiger partial charge in [0.2, 0.25) is 0 Å². The summed E-state index contributed by atoms with van der Waals surface area (Å²) in [6.07, 6.45) is 0. The molecule has 45 heavy (non-hydrogen) atoms. The van der Waals surface area contributed by atoms with Crippen molar-refractivity contribution in [2.75, 3.05) is 0 Å². The van der Waals surface area contributed by atoms with E-state index < -0.39 is 0 Å². The van der Waals surface area contributed by atoms with E-state index in [1.807, 2.05) is 36.4 Å². The molecule has 0 saturated heterocycles. The molecule has 1 aliphatic rings. The van der Waals surface area contributed by atoms with Crippen molar-refractivity contribution in [1.29, 1.82) is 0 Å². The number of hydrogen-bond donors (Lipinski definition) is 0. The highest BCUT2D eigenvalue weighted by atomic mass is 16.3. The highest BCUT2D eigenvalue weighted by Crippen LogP contribution is 2.53. The van der Waals surface area contributed by atoms with Crippen LogP contribution in [0.25, 0.3) is 67.0 Å². The van der Waals surface area contributed by atoms with Gasteiger partial charge >= 0.3 is 0 Å². The number of hydrogen-bond acceptors (Lipinski definition) is 3. The average molecular weight is 577 g/mol. The second-order valence-electron chi connectivity index (χ2n) is 11.9. The van der Waals surface area contributed by atoms with E-state index in [0.717, 1.165) is 50.0 Å². The van der Waals surface area contributed by atoms with Crippen LogP contribution in [0.1, 0.15) is 23.6 Å². The molecule has 6 aromatic carbocycles. The second kappa shape index (κ2) is 9.87. The smallest absolute Gasteiger partial charge is 0.160 e. The molecule has 1 aliphatic carbocycles. The third kappa shape index (κ3) is 3.98. The minimum absolute atomic E-state index is 0.284. The lowest BCUT2D eigenvalue weighted by Crippen LogP contribution is -2.22. The number of furan rings is 1. The Morgan fingerprint density at radius 3 is 1.91 bits per heavy atom. The monoisotopic (exact) mass is 576 g/mol. The van der Waals surface area contributed by atoms with Crippen molar-refractivity contribution < 1.29 is 4.42 Å². The van der Waals surface area contributed by atoms with Crippen LogP contribution in [-0.4, -0.2) is 9.97 Å². The summed E-state index contributed by atoms with van der Waals surface area (Å²) >= 11 is 0. The fourth-order valence-corrected chi connectivity index (χ4v) is 7.08. The molecular formula is C42H28N2O.